The Morgan fingerprint density at radius 1 is 0.800 bits per heavy atom. The minimum absolute atomic E-state index is 0.0945. The quantitative estimate of drug-likeness (QED) is 0.465. The van der Waals surface area contributed by atoms with Crippen LogP contribution in [0.2, 0.25) is 0 Å². The second-order valence-corrected chi connectivity index (χ2v) is 6.89. The standard InChI is InChI=1S/C24H19N3O3/c1-29-16-9-7-15(8-10-16)19-14-27-21-6-4-3-5-20(21)25-24(27)26-23(19)18-12-11-17(30-2)13-22(18)28/h3-14,28H,1-2H3. The fourth-order valence-electron chi connectivity index (χ4n) is 3.61. The molecule has 0 bridgehead atoms. The third-order valence-corrected chi connectivity index (χ3v) is 5.16. The lowest BCUT2D eigenvalue weighted by molar-refractivity contribution is 0.408. The number of phenolic OH excluding ortho intramolecular Hbond substituents is 1. The number of fused-ring (bicyclic) bond motifs is 3. The molecule has 0 spiro atoms. The van der Waals surface area contributed by atoms with E-state index in [0.29, 0.717) is 22.8 Å². The molecule has 0 unspecified atom stereocenters. The molecule has 0 radical (unpaired) electrons. The van der Waals surface area contributed by atoms with Crippen molar-refractivity contribution in [1.29, 1.82) is 0 Å². The first-order valence-electron chi connectivity index (χ1n) is 9.47. The lowest BCUT2D eigenvalue weighted by atomic mass is 10.00. The van der Waals surface area contributed by atoms with Crippen LogP contribution in [0.5, 0.6) is 17.2 Å². The maximum atomic E-state index is 10.7. The molecule has 0 saturated carbocycles. The van der Waals surface area contributed by atoms with Gasteiger partial charge < -0.3 is 14.6 Å². The topological polar surface area (TPSA) is 68.9 Å². The van der Waals surface area contributed by atoms with Crippen molar-refractivity contribution in [3.05, 3.63) is 72.9 Å². The first-order chi connectivity index (χ1) is 14.7. The Kier molecular flexibility index (Phi) is 4.25. The number of hydrogen-bond acceptors (Lipinski definition) is 5. The Hall–Kier alpha value is -4.06. The molecule has 5 rings (SSSR count). The monoisotopic (exact) mass is 397 g/mol. The number of para-hydroxylation sites is 2. The van der Waals surface area contributed by atoms with Crippen LogP contribution in [0.1, 0.15) is 0 Å². The van der Waals surface area contributed by atoms with Gasteiger partial charge in [-0.05, 0) is 42.0 Å². The Bertz CT molecular complexity index is 1370. The summed E-state index contributed by atoms with van der Waals surface area (Å²) in [4.78, 5) is 9.49. The Morgan fingerprint density at radius 2 is 1.53 bits per heavy atom. The normalized spacial score (nSPS) is 11.1. The van der Waals surface area contributed by atoms with Crippen molar-refractivity contribution < 1.29 is 14.6 Å². The number of aromatic nitrogens is 3. The van der Waals surface area contributed by atoms with Crippen molar-refractivity contribution >= 4 is 16.8 Å². The SMILES string of the molecule is COc1ccc(-c2cn3c(nc2-c2ccc(OC)cc2O)nc2ccccc23)cc1. The molecule has 5 aromatic rings. The molecule has 6 nitrogen and oxygen atoms in total. The van der Waals surface area contributed by atoms with Gasteiger partial charge in [0.2, 0.25) is 5.78 Å². The second-order valence-electron chi connectivity index (χ2n) is 6.89. The Labute approximate surface area is 173 Å². The van der Waals surface area contributed by atoms with Crippen molar-refractivity contribution in [1.82, 2.24) is 14.4 Å². The van der Waals surface area contributed by atoms with E-state index >= 15 is 0 Å². The maximum Gasteiger partial charge on any atom is 0.235 e. The number of rotatable bonds is 4. The molecule has 148 valence electrons. The number of nitrogens with zero attached hydrogens (tertiary/aromatic N) is 3. The fraction of sp³-hybridized carbons (Fsp3) is 0.0833. The van der Waals surface area contributed by atoms with Gasteiger partial charge in [0.05, 0.1) is 30.9 Å². The van der Waals surface area contributed by atoms with E-state index in [9.17, 15) is 5.11 Å². The first-order valence-corrected chi connectivity index (χ1v) is 9.47. The molecule has 0 aliphatic heterocycles. The van der Waals surface area contributed by atoms with Gasteiger partial charge in [-0.25, -0.2) is 9.97 Å². The molecule has 3 aromatic carbocycles. The summed E-state index contributed by atoms with van der Waals surface area (Å²) in [5.74, 6) is 2.01. The summed E-state index contributed by atoms with van der Waals surface area (Å²) >= 11 is 0. The first kappa shape index (κ1) is 18.0. The summed E-state index contributed by atoms with van der Waals surface area (Å²) in [6.07, 6.45) is 2.01. The molecule has 2 aromatic heterocycles. The molecular weight excluding hydrogens is 378 g/mol. The highest BCUT2D eigenvalue weighted by atomic mass is 16.5. The Morgan fingerprint density at radius 3 is 2.27 bits per heavy atom. The summed E-state index contributed by atoms with van der Waals surface area (Å²) in [7, 11) is 3.21. The van der Waals surface area contributed by atoms with Crippen molar-refractivity contribution in [2.24, 2.45) is 0 Å². The van der Waals surface area contributed by atoms with E-state index < -0.39 is 0 Å². The van der Waals surface area contributed by atoms with Gasteiger partial charge in [-0.3, -0.25) is 4.40 Å². The number of benzene rings is 3. The third-order valence-electron chi connectivity index (χ3n) is 5.16. The van der Waals surface area contributed by atoms with Gasteiger partial charge >= 0.3 is 0 Å². The largest absolute Gasteiger partial charge is 0.507 e. The predicted molar refractivity (Wildman–Crippen MR) is 116 cm³/mol. The van der Waals surface area contributed by atoms with Gasteiger partial charge in [0, 0.05) is 23.4 Å². The van der Waals surface area contributed by atoms with E-state index in [-0.39, 0.29) is 5.75 Å². The number of ether oxygens (including phenoxy) is 2. The average Bonchev–Trinajstić information content (AvgIpc) is 3.16. The molecule has 0 saturated heterocycles. The highest BCUT2D eigenvalue weighted by Crippen LogP contribution is 2.38. The van der Waals surface area contributed by atoms with Crippen LogP contribution in [0.3, 0.4) is 0 Å². The minimum atomic E-state index is 0.0945. The van der Waals surface area contributed by atoms with Crippen molar-refractivity contribution in [2.75, 3.05) is 14.2 Å². The zero-order valence-corrected chi connectivity index (χ0v) is 16.5. The second kappa shape index (κ2) is 7.08. The molecule has 0 atom stereocenters. The zero-order valence-electron chi connectivity index (χ0n) is 16.5. The van der Waals surface area contributed by atoms with Gasteiger partial charge in [-0.1, -0.05) is 24.3 Å². The van der Waals surface area contributed by atoms with E-state index in [1.807, 2.05) is 65.2 Å². The molecule has 0 fully saturated rings. The van der Waals surface area contributed by atoms with Crippen molar-refractivity contribution in [2.45, 2.75) is 0 Å². The van der Waals surface area contributed by atoms with E-state index in [1.165, 1.54) is 0 Å². The van der Waals surface area contributed by atoms with Crippen LogP contribution in [0, 0.1) is 0 Å². The highest BCUT2D eigenvalue weighted by Gasteiger charge is 2.17. The lowest BCUT2D eigenvalue weighted by Crippen LogP contribution is -1.97. The van der Waals surface area contributed by atoms with Crippen molar-refractivity contribution in [3.63, 3.8) is 0 Å². The molecule has 30 heavy (non-hydrogen) atoms. The molecular formula is C24H19N3O3. The van der Waals surface area contributed by atoms with Gasteiger partial charge in [0.15, 0.2) is 0 Å². The van der Waals surface area contributed by atoms with E-state index in [0.717, 1.165) is 27.9 Å². The van der Waals surface area contributed by atoms with Gasteiger partial charge in [-0.15, -0.1) is 0 Å². The maximum absolute atomic E-state index is 10.7. The van der Waals surface area contributed by atoms with Crippen LogP contribution in [0.25, 0.3) is 39.2 Å². The van der Waals surface area contributed by atoms with E-state index in [2.05, 4.69) is 4.98 Å². The molecule has 0 amide bonds. The summed E-state index contributed by atoms with van der Waals surface area (Å²) in [5, 5.41) is 10.7. The number of phenols is 1. The number of aromatic hydroxyl groups is 1. The highest BCUT2D eigenvalue weighted by molar-refractivity contribution is 5.87. The minimum Gasteiger partial charge on any atom is -0.507 e. The van der Waals surface area contributed by atoms with E-state index in [1.54, 1.807) is 26.4 Å². The van der Waals surface area contributed by atoms with E-state index in [4.69, 9.17) is 14.5 Å². The third kappa shape index (κ3) is 2.90. The molecule has 1 N–H and O–H groups in total. The average molecular weight is 397 g/mol. The van der Waals surface area contributed by atoms with Crippen LogP contribution in [0.15, 0.2) is 72.9 Å². The molecule has 2 heterocycles. The van der Waals surface area contributed by atoms with Crippen LogP contribution in [-0.2, 0) is 0 Å². The zero-order chi connectivity index (χ0) is 20.7. The predicted octanol–water partition coefficient (Wildman–Crippen LogP) is 4.94. The summed E-state index contributed by atoms with van der Waals surface area (Å²) in [6.45, 7) is 0. The number of methoxy groups -OCH3 is 2. The number of hydrogen-bond donors (Lipinski definition) is 1. The fourth-order valence-corrected chi connectivity index (χ4v) is 3.61. The van der Waals surface area contributed by atoms with Crippen LogP contribution < -0.4 is 9.47 Å². The molecule has 0 aliphatic rings. The van der Waals surface area contributed by atoms with Gasteiger partial charge in [0.25, 0.3) is 0 Å². The van der Waals surface area contributed by atoms with Crippen LogP contribution >= 0.6 is 0 Å². The smallest absolute Gasteiger partial charge is 0.235 e. The van der Waals surface area contributed by atoms with Gasteiger partial charge in [-0.2, -0.15) is 0 Å². The molecule has 6 heteroatoms. The Balaban J connectivity index is 1.81. The van der Waals surface area contributed by atoms with Crippen molar-refractivity contribution in [3.8, 4) is 39.6 Å². The van der Waals surface area contributed by atoms with Crippen LogP contribution in [0.4, 0.5) is 0 Å². The summed E-state index contributed by atoms with van der Waals surface area (Å²) in [5.41, 5.74) is 4.91. The lowest BCUT2D eigenvalue weighted by Gasteiger charge is -2.13. The van der Waals surface area contributed by atoms with Crippen LogP contribution in [-0.4, -0.2) is 33.7 Å². The number of imidazole rings is 1. The molecule has 0 aliphatic carbocycles. The summed E-state index contributed by atoms with van der Waals surface area (Å²) in [6, 6.07) is 20.9. The summed E-state index contributed by atoms with van der Waals surface area (Å²) < 4.78 is 12.5. The van der Waals surface area contributed by atoms with Gasteiger partial charge in [0.1, 0.15) is 17.2 Å².